The Morgan fingerprint density at radius 3 is 0.611 bits per heavy atom. The molecule has 3 rings (SSSR count). The molecule has 0 aromatic heterocycles. The van der Waals surface area contributed by atoms with Crippen molar-refractivity contribution in [3.8, 4) is 17.2 Å². The summed E-state index contributed by atoms with van der Waals surface area (Å²) in [6.07, 6.45) is 2.50. The Bertz CT molecular complexity index is 615. The van der Waals surface area contributed by atoms with E-state index in [1.54, 1.807) is 18.2 Å². The van der Waals surface area contributed by atoms with Crippen molar-refractivity contribution >= 4 is 0 Å². The van der Waals surface area contributed by atoms with Crippen molar-refractivity contribution in [1.82, 2.24) is 0 Å². The van der Waals surface area contributed by atoms with Crippen molar-refractivity contribution in [2.75, 3.05) is 0 Å². The number of hydrogen-bond acceptors (Lipinski definition) is 3. The van der Waals surface area contributed by atoms with E-state index in [-0.39, 0.29) is 0 Å². The molecule has 36 heavy (non-hydrogen) atoms. The summed E-state index contributed by atoms with van der Waals surface area (Å²) in [5, 5.41) is 26.8. The Morgan fingerprint density at radius 1 is 0.389 bits per heavy atom. The average Bonchev–Trinajstić information content (AvgIpc) is 2.90. The first-order valence-corrected chi connectivity index (χ1v) is 13.5. The fraction of sp³-hybridized carbons (Fsp3) is 0.455. The SMILES string of the molecule is CC.CC.CC.CCC.CCC.Cc1ccccc1O.Cc1ccccc1O.Cc1ccccc1O. The van der Waals surface area contributed by atoms with Gasteiger partial charge in [-0.3, -0.25) is 0 Å². The van der Waals surface area contributed by atoms with E-state index in [9.17, 15) is 0 Å². The third-order valence-corrected chi connectivity index (χ3v) is 3.35. The summed E-state index contributed by atoms with van der Waals surface area (Å²) in [6, 6.07) is 21.8. The van der Waals surface area contributed by atoms with Crippen LogP contribution >= 0.6 is 0 Å². The molecule has 208 valence electrons. The Labute approximate surface area is 224 Å². The van der Waals surface area contributed by atoms with Gasteiger partial charge in [0.05, 0.1) is 0 Å². The number of phenolic OH excluding ortho intramolecular Hbond substituents is 3. The van der Waals surface area contributed by atoms with E-state index in [1.807, 2.05) is 117 Å². The highest BCUT2D eigenvalue weighted by atomic mass is 16.3. The van der Waals surface area contributed by atoms with E-state index in [0.717, 1.165) is 16.7 Å². The van der Waals surface area contributed by atoms with Gasteiger partial charge in [-0.15, -0.1) is 0 Å². The van der Waals surface area contributed by atoms with E-state index in [4.69, 9.17) is 15.3 Å². The summed E-state index contributed by atoms with van der Waals surface area (Å²) in [5.41, 5.74) is 2.77. The Kier molecular flexibility index (Phi) is 43.9. The van der Waals surface area contributed by atoms with Gasteiger partial charge in [-0.2, -0.15) is 0 Å². The van der Waals surface area contributed by atoms with E-state index in [0.29, 0.717) is 17.2 Å². The smallest absolute Gasteiger partial charge is 0.118 e. The number of hydrogen-bond donors (Lipinski definition) is 3. The lowest BCUT2D eigenvalue weighted by molar-refractivity contribution is 0.470. The van der Waals surface area contributed by atoms with Gasteiger partial charge < -0.3 is 15.3 Å². The average molecular weight is 503 g/mol. The number of phenols is 3. The zero-order valence-electron chi connectivity index (χ0n) is 25.7. The van der Waals surface area contributed by atoms with Crippen molar-refractivity contribution in [3.63, 3.8) is 0 Å². The molecule has 0 amide bonds. The van der Waals surface area contributed by atoms with Crippen LogP contribution in [0.3, 0.4) is 0 Å². The lowest BCUT2D eigenvalue weighted by atomic mass is 10.2. The maximum Gasteiger partial charge on any atom is 0.118 e. The molecule has 0 fully saturated rings. The van der Waals surface area contributed by atoms with Crippen LogP contribution in [0.1, 0.15) is 98.8 Å². The highest BCUT2D eigenvalue weighted by Gasteiger charge is 1.88. The number of rotatable bonds is 0. The second-order valence-electron chi connectivity index (χ2n) is 6.77. The van der Waals surface area contributed by atoms with Crippen LogP contribution in [0.4, 0.5) is 0 Å². The molecule has 0 heterocycles. The van der Waals surface area contributed by atoms with Gasteiger partial charge in [0.15, 0.2) is 0 Å². The van der Waals surface area contributed by atoms with Gasteiger partial charge in [0.25, 0.3) is 0 Å². The lowest BCUT2D eigenvalue weighted by Crippen LogP contribution is -1.68. The van der Waals surface area contributed by atoms with Gasteiger partial charge in [0.1, 0.15) is 17.2 Å². The Hall–Kier alpha value is -2.94. The quantitative estimate of drug-likeness (QED) is 0.286. The summed E-state index contributed by atoms with van der Waals surface area (Å²) in [6.45, 7) is 26.1. The largest absolute Gasteiger partial charge is 0.508 e. The first-order valence-electron chi connectivity index (χ1n) is 13.5. The minimum atomic E-state index is 0.368. The van der Waals surface area contributed by atoms with E-state index >= 15 is 0 Å². The van der Waals surface area contributed by atoms with E-state index in [1.165, 1.54) is 12.8 Å². The summed E-state index contributed by atoms with van der Waals surface area (Å²) in [5.74, 6) is 1.10. The van der Waals surface area contributed by atoms with Crippen LogP contribution in [0, 0.1) is 20.8 Å². The summed E-state index contributed by atoms with van der Waals surface area (Å²) in [7, 11) is 0. The van der Waals surface area contributed by atoms with Gasteiger partial charge >= 0.3 is 0 Å². The van der Waals surface area contributed by atoms with Crippen LogP contribution in [0.25, 0.3) is 0 Å². The first-order chi connectivity index (χ1) is 17.2. The second kappa shape index (κ2) is 36.6. The van der Waals surface area contributed by atoms with Crippen LogP contribution in [-0.2, 0) is 0 Å². The van der Waals surface area contributed by atoms with Gasteiger partial charge in [0.2, 0.25) is 0 Å². The molecule has 0 saturated carbocycles. The van der Waals surface area contributed by atoms with Crippen LogP contribution in [0.2, 0.25) is 0 Å². The third kappa shape index (κ3) is 31.1. The summed E-state index contributed by atoms with van der Waals surface area (Å²) in [4.78, 5) is 0. The number of aryl methyl sites for hydroxylation is 3. The van der Waals surface area contributed by atoms with Crippen molar-refractivity contribution < 1.29 is 15.3 Å². The third-order valence-electron chi connectivity index (χ3n) is 3.35. The topological polar surface area (TPSA) is 60.7 Å². The molecule has 0 aliphatic carbocycles. The molecular weight excluding hydrogens is 444 g/mol. The molecule has 0 saturated heterocycles. The minimum absolute atomic E-state index is 0.368. The fourth-order valence-corrected chi connectivity index (χ4v) is 1.69. The Morgan fingerprint density at radius 2 is 0.528 bits per heavy atom. The van der Waals surface area contributed by atoms with Gasteiger partial charge in [0, 0.05) is 0 Å². The molecule has 3 aromatic rings. The number of aromatic hydroxyl groups is 3. The predicted octanol–water partition coefficient (Wildman–Crippen LogP) is 11.0. The number of benzene rings is 3. The minimum Gasteiger partial charge on any atom is -0.508 e. The number of para-hydroxylation sites is 3. The molecule has 3 N–H and O–H groups in total. The maximum absolute atomic E-state index is 8.92. The fourth-order valence-electron chi connectivity index (χ4n) is 1.69. The van der Waals surface area contributed by atoms with Crippen molar-refractivity contribution in [1.29, 1.82) is 0 Å². The molecule has 0 bridgehead atoms. The standard InChI is InChI=1S/3C7H8O.2C3H8.3C2H6/c3*1-6-4-2-3-5-7(6)8;2*1-3-2;3*1-2/h3*2-5,8H,1H3;2*3H2,1-2H3;3*1-2H3. The normalized spacial score (nSPS) is 7.58. The van der Waals surface area contributed by atoms with Crippen molar-refractivity contribution in [3.05, 3.63) is 89.5 Å². The zero-order valence-corrected chi connectivity index (χ0v) is 25.7. The molecule has 3 heteroatoms. The monoisotopic (exact) mass is 502 g/mol. The summed E-state index contributed by atoms with van der Waals surface area (Å²) >= 11 is 0. The molecule has 0 aliphatic rings. The molecule has 0 radical (unpaired) electrons. The first kappa shape index (κ1) is 43.2. The zero-order chi connectivity index (χ0) is 29.4. The summed E-state index contributed by atoms with van der Waals surface area (Å²) < 4.78 is 0. The predicted molar refractivity (Wildman–Crippen MR) is 165 cm³/mol. The van der Waals surface area contributed by atoms with Crippen molar-refractivity contribution in [2.45, 2.75) is 103 Å². The van der Waals surface area contributed by atoms with Gasteiger partial charge in [-0.25, -0.2) is 0 Å². The maximum atomic E-state index is 8.92. The van der Waals surface area contributed by atoms with Gasteiger partial charge in [-0.1, -0.05) is 137 Å². The van der Waals surface area contributed by atoms with E-state index < -0.39 is 0 Å². The van der Waals surface area contributed by atoms with Gasteiger partial charge in [-0.05, 0) is 55.7 Å². The van der Waals surface area contributed by atoms with Crippen LogP contribution < -0.4 is 0 Å². The van der Waals surface area contributed by atoms with Crippen molar-refractivity contribution in [2.24, 2.45) is 0 Å². The lowest BCUT2D eigenvalue weighted by Gasteiger charge is -1.92. The molecule has 3 aromatic carbocycles. The molecular formula is C33H58O3. The molecule has 0 unspecified atom stereocenters. The van der Waals surface area contributed by atoms with E-state index in [2.05, 4.69) is 27.7 Å². The Balaban J connectivity index is -0.000000110. The molecule has 0 atom stereocenters. The van der Waals surface area contributed by atoms with Crippen LogP contribution in [0.15, 0.2) is 72.8 Å². The highest BCUT2D eigenvalue weighted by Crippen LogP contribution is 2.13. The van der Waals surface area contributed by atoms with Crippen LogP contribution in [0.5, 0.6) is 17.2 Å². The second-order valence-corrected chi connectivity index (χ2v) is 6.77. The molecule has 3 nitrogen and oxygen atoms in total. The molecule has 0 aliphatic heterocycles. The van der Waals surface area contributed by atoms with Crippen LogP contribution in [-0.4, -0.2) is 15.3 Å². The highest BCUT2D eigenvalue weighted by molar-refractivity contribution is 5.31. The molecule has 0 spiro atoms.